The molecule has 0 atom stereocenters. The number of nitrogens with one attached hydrogen (secondary N) is 2. The predicted molar refractivity (Wildman–Crippen MR) is 66.2 cm³/mol. The van der Waals surface area contributed by atoms with Crippen LogP contribution in [0.3, 0.4) is 0 Å². The van der Waals surface area contributed by atoms with Gasteiger partial charge < -0.3 is 15.4 Å². The maximum absolute atomic E-state index is 4.95. The number of ether oxygens (including phenoxy) is 1. The van der Waals surface area contributed by atoms with Gasteiger partial charge in [0.2, 0.25) is 0 Å². The van der Waals surface area contributed by atoms with Gasteiger partial charge in [-0.25, -0.2) is 0 Å². The zero-order valence-electron chi connectivity index (χ0n) is 11.0. The quantitative estimate of drug-likeness (QED) is 0.573. The standard InChI is InChI=1S/C12H28N2O/c1-11(2)12(3,4)10-14-7-6-13-8-9-15-5/h11,13-14H,6-10H2,1-5H3. The Balaban J connectivity index is 3.31. The molecule has 0 aromatic rings. The van der Waals surface area contributed by atoms with E-state index in [2.05, 4.69) is 38.3 Å². The molecule has 0 saturated heterocycles. The highest BCUT2D eigenvalue weighted by Crippen LogP contribution is 2.24. The van der Waals surface area contributed by atoms with E-state index in [4.69, 9.17) is 4.74 Å². The van der Waals surface area contributed by atoms with Crippen LogP contribution >= 0.6 is 0 Å². The first-order chi connectivity index (χ1) is 7.00. The van der Waals surface area contributed by atoms with Gasteiger partial charge in [-0.3, -0.25) is 0 Å². The topological polar surface area (TPSA) is 33.3 Å². The summed E-state index contributed by atoms with van der Waals surface area (Å²) in [5.41, 5.74) is 0.381. The van der Waals surface area contributed by atoms with Gasteiger partial charge >= 0.3 is 0 Å². The van der Waals surface area contributed by atoms with E-state index in [9.17, 15) is 0 Å². The molecule has 0 unspecified atom stereocenters. The van der Waals surface area contributed by atoms with Gasteiger partial charge in [-0.15, -0.1) is 0 Å². The Morgan fingerprint density at radius 3 is 2.20 bits per heavy atom. The van der Waals surface area contributed by atoms with Gasteiger partial charge in [0.05, 0.1) is 6.61 Å². The third-order valence-electron chi connectivity index (χ3n) is 3.11. The summed E-state index contributed by atoms with van der Waals surface area (Å²) < 4.78 is 4.95. The summed E-state index contributed by atoms with van der Waals surface area (Å²) in [5.74, 6) is 0.714. The van der Waals surface area contributed by atoms with E-state index < -0.39 is 0 Å². The molecule has 3 nitrogen and oxygen atoms in total. The van der Waals surface area contributed by atoms with Gasteiger partial charge in [-0.05, 0) is 11.3 Å². The Morgan fingerprint density at radius 1 is 1.07 bits per heavy atom. The zero-order valence-corrected chi connectivity index (χ0v) is 11.0. The van der Waals surface area contributed by atoms with Crippen molar-refractivity contribution in [3.63, 3.8) is 0 Å². The number of hydrogen-bond donors (Lipinski definition) is 2. The van der Waals surface area contributed by atoms with E-state index >= 15 is 0 Å². The van der Waals surface area contributed by atoms with E-state index in [0.29, 0.717) is 11.3 Å². The molecule has 0 aromatic heterocycles. The van der Waals surface area contributed by atoms with Gasteiger partial charge in [0.15, 0.2) is 0 Å². The summed E-state index contributed by atoms with van der Waals surface area (Å²) in [4.78, 5) is 0. The second-order valence-electron chi connectivity index (χ2n) is 5.06. The van der Waals surface area contributed by atoms with Crippen molar-refractivity contribution in [2.75, 3.05) is 39.9 Å². The molecule has 0 heterocycles. The fourth-order valence-corrected chi connectivity index (χ4v) is 1.09. The van der Waals surface area contributed by atoms with Gasteiger partial charge in [0.1, 0.15) is 0 Å². The molecule has 0 aliphatic carbocycles. The van der Waals surface area contributed by atoms with Crippen molar-refractivity contribution >= 4 is 0 Å². The summed E-state index contributed by atoms with van der Waals surface area (Å²) in [6.07, 6.45) is 0. The lowest BCUT2D eigenvalue weighted by atomic mass is 9.81. The molecule has 0 amide bonds. The zero-order chi connectivity index (χ0) is 11.7. The summed E-state index contributed by atoms with van der Waals surface area (Å²) >= 11 is 0. The van der Waals surface area contributed by atoms with Crippen LogP contribution in [0.25, 0.3) is 0 Å². The van der Waals surface area contributed by atoms with Gasteiger partial charge in [-0.2, -0.15) is 0 Å². The molecule has 0 bridgehead atoms. The SMILES string of the molecule is COCCNCCNCC(C)(C)C(C)C. The molecule has 0 spiro atoms. The second kappa shape index (κ2) is 8.08. The Morgan fingerprint density at radius 2 is 1.67 bits per heavy atom. The smallest absolute Gasteiger partial charge is 0.0587 e. The van der Waals surface area contributed by atoms with E-state index in [1.54, 1.807) is 7.11 Å². The first kappa shape index (κ1) is 14.9. The minimum atomic E-state index is 0.381. The number of hydrogen-bond acceptors (Lipinski definition) is 3. The van der Waals surface area contributed by atoms with Crippen molar-refractivity contribution in [3.8, 4) is 0 Å². The molecule has 15 heavy (non-hydrogen) atoms. The third-order valence-corrected chi connectivity index (χ3v) is 3.11. The molecule has 0 aliphatic rings. The van der Waals surface area contributed by atoms with Crippen LogP contribution in [0.15, 0.2) is 0 Å². The minimum absolute atomic E-state index is 0.381. The van der Waals surface area contributed by atoms with Gasteiger partial charge in [-0.1, -0.05) is 27.7 Å². The second-order valence-corrected chi connectivity index (χ2v) is 5.06. The first-order valence-corrected chi connectivity index (χ1v) is 5.91. The maximum Gasteiger partial charge on any atom is 0.0587 e. The molecule has 92 valence electrons. The molecule has 0 rings (SSSR count). The monoisotopic (exact) mass is 216 g/mol. The largest absolute Gasteiger partial charge is 0.383 e. The Bertz CT molecular complexity index is 147. The molecule has 0 saturated carbocycles. The Labute approximate surface area is 95.0 Å². The Kier molecular flexibility index (Phi) is 8.02. The summed E-state index contributed by atoms with van der Waals surface area (Å²) in [6.45, 7) is 14.0. The molecule has 0 radical (unpaired) electrons. The summed E-state index contributed by atoms with van der Waals surface area (Å²) in [7, 11) is 1.73. The molecule has 2 N–H and O–H groups in total. The van der Waals surface area contributed by atoms with Crippen molar-refractivity contribution < 1.29 is 4.74 Å². The molecule has 0 aromatic carbocycles. The molecule has 0 aliphatic heterocycles. The number of rotatable bonds is 9. The lowest BCUT2D eigenvalue weighted by Crippen LogP contribution is -2.37. The first-order valence-electron chi connectivity index (χ1n) is 5.91. The fourth-order valence-electron chi connectivity index (χ4n) is 1.09. The van der Waals surface area contributed by atoms with E-state index in [1.807, 2.05) is 0 Å². The third kappa shape index (κ3) is 7.77. The van der Waals surface area contributed by atoms with Crippen LogP contribution in [0.4, 0.5) is 0 Å². The van der Waals surface area contributed by atoms with Crippen LogP contribution in [0, 0.1) is 11.3 Å². The van der Waals surface area contributed by atoms with Gasteiger partial charge in [0, 0.05) is 33.3 Å². The highest BCUT2D eigenvalue weighted by molar-refractivity contribution is 4.74. The van der Waals surface area contributed by atoms with Crippen LogP contribution in [-0.2, 0) is 4.74 Å². The predicted octanol–water partition coefficient (Wildman–Crippen LogP) is 1.49. The average Bonchev–Trinajstić information content (AvgIpc) is 2.16. The Hall–Kier alpha value is -0.120. The van der Waals surface area contributed by atoms with Crippen LogP contribution in [-0.4, -0.2) is 39.9 Å². The maximum atomic E-state index is 4.95. The van der Waals surface area contributed by atoms with Crippen LogP contribution in [0.1, 0.15) is 27.7 Å². The van der Waals surface area contributed by atoms with Crippen molar-refractivity contribution in [3.05, 3.63) is 0 Å². The van der Waals surface area contributed by atoms with Crippen molar-refractivity contribution in [2.24, 2.45) is 11.3 Å². The summed E-state index contributed by atoms with van der Waals surface area (Å²) in [5, 5.41) is 6.79. The van der Waals surface area contributed by atoms with Crippen LogP contribution < -0.4 is 10.6 Å². The number of methoxy groups -OCH3 is 1. The molecule has 0 fully saturated rings. The van der Waals surface area contributed by atoms with E-state index in [0.717, 1.165) is 32.8 Å². The van der Waals surface area contributed by atoms with Crippen molar-refractivity contribution in [2.45, 2.75) is 27.7 Å². The van der Waals surface area contributed by atoms with Crippen molar-refractivity contribution in [1.82, 2.24) is 10.6 Å². The molecular weight excluding hydrogens is 188 g/mol. The lowest BCUT2D eigenvalue weighted by Gasteiger charge is -2.29. The molecule has 3 heteroatoms. The van der Waals surface area contributed by atoms with E-state index in [1.165, 1.54) is 0 Å². The lowest BCUT2D eigenvalue weighted by molar-refractivity contribution is 0.199. The highest BCUT2D eigenvalue weighted by atomic mass is 16.5. The van der Waals surface area contributed by atoms with E-state index in [-0.39, 0.29) is 0 Å². The van der Waals surface area contributed by atoms with Crippen molar-refractivity contribution in [1.29, 1.82) is 0 Å². The van der Waals surface area contributed by atoms with Crippen LogP contribution in [0.5, 0.6) is 0 Å². The normalized spacial score (nSPS) is 12.4. The minimum Gasteiger partial charge on any atom is -0.383 e. The highest BCUT2D eigenvalue weighted by Gasteiger charge is 2.21. The molecular formula is C12H28N2O. The van der Waals surface area contributed by atoms with Gasteiger partial charge in [0.25, 0.3) is 0 Å². The summed E-state index contributed by atoms with van der Waals surface area (Å²) in [6, 6.07) is 0. The average molecular weight is 216 g/mol. The fraction of sp³-hybridized carbons (Fsp3) is 1.00. The van der Waals surface area contributed by atoms with Crippen LogP contribution in [0.2, 0.25) is 0 Å².